The fourth-order valence-corrected chi connectivity index (χ4v) is 4.13. The lowest BCUT2D eigenvalue weighted by molar-refractivity contribution is 0.409. The van der Waals surface area contributed by atoms with Crippen LogP contribution in [0, 0.1) is 0 Å². The molecular weight excluding hydrogens is 216 g/mol. The van der Waals surface area contributed by atoms with E-state index in [2.05, 4.69) is 45.9 Å². The van der Waals surface area contributed by atoms with E-state index >= 15 is 0 Å². The van der Waals surface area contributed by atoms with E-state index in [1.165, 1.54) is 10.4 Å². The van der Waals surface area contributed by atoms with Crippen LogP contribution in [0.5, 0.6) is 0 Å². The molecule has 0 aromatic rings. The SMILES string of the molecule is C=C(C/C(=C(\C)O)[Si](C)(C)C)[Si](C)(C)C. The van der Waals surface area contributed by atoms with E-state index in [0.29, 0.717) is 5.76 Å². The van der Waals surface area contributed by atoms with Gasteiger partial charge in [-0.25, -0.2) is 0 Å². The van der Waals surface area contributed by atoms with Gasteiger partial charge in [0.25, 0.3) is 0 Å². The third-order valence-corrected chi connectivity index (χ3v) is 7.44. The number of allylic oxidation sites excluding steroid dienone is 3. The van der Waals surface area contributed by atoms with Crippen LogP contribution < -0.4 is 0 Å². The van der Waals surface area contributed by atoms with Crippen molar-refractivity contribution in [3.05, 3.63) is 22.7 Å². The van der Waals surface area contributed by atoms with Gasteiger partial charge in [0.2, 0.25) is 0 Å². The van der Waals surface area contributed by atoms with E-state index in [1.807, 2.05) is 6.92 Å². The molecule has 0 aliphatic heterocycles. The monoisotopic (exact) mass is 242 g/mol. The lowest BCUT2D eigenvalue weighted by atomic mass is 10.3. The topological polar surface area (TPSA) is 20.2 Å². The average Bonchev–Trinajstić information content (AvgIpc) is 1.94. The molecule has 0 spiro atoms. The summed E-state index contributed by atoms with van der Waals surface area (Å²) in [5, 5.41) is 12.4. The van der Waals surface area contributed by atoms with Crippen LogP contribution in [0.2, 0.25) is 39.3 Å². The van der Waals surface area contributed by atoms with Crippen LogP contribution in [0.1, 0.15) is 13.3 Å². The predicted octanol–water partition coefficient (Wildman–Crippen LogP) is 4.52. The van der Waals surface area contributed by atoms with Gasteiger partial charge in [0.05, 0.1) is 21.9 Å². The summed E-state index contributed by atoms with van der Waals surface area (Å²) in [4.78, 5) is 0. The Morgan fingerprint density at radius 3 is 1.60 bits per heavy atom. The van der Waals surface area contributed by atoms with Crippen molar-refractivity contribution in [1.29, 1.82) is 0 Å². The largest absolute Gasteiger partial charge is 0.513 e. The Hall–Kier alpha value is -0.286. The Bertz CT molecular complexity index is 273. The van der Waals surface area contributed by atoms with Crippen molar-refractivity contribution in [3.8, 4) is 0 Å². The highest BCUT2D eigenvalue weighted by molar-refractivity contribution is 6.85. The van der Waals surface area contributed by atoms with Crippen molar-refractivity contribution in [2.24, 2.45) is 0 Å². The second kappa shape index (κ2) is 4.70. The Labute approximate surface area is 96.9 Å². The molecule has 3 heteroatoms. The smallest absolute Gasteiger partial charge is 0.0848 e. The minimum Gasteiger partial charge on any atom is -0.513 e. The van der Waals surface area contributed by atoms with Crippen LogP contribution >= 0.6 is 0 Å². The van der Waals surface area contributed by atoms with E-state index in [1.54, 1.807) is 0 Å². The fourth-order valence-electron chi connectivity index (χ4n) is 1.41. The van der Waals surface area contributed by atoms with Crippen LogP contribution in [-0.4, -0.2) is 21.3 Å². The minimum atomic E-state index is -1.40. The predicted molar refractivity (Wildman–Crippen MR) is 75.8 cm³/mol. The van der Waals surface area contributed by atoms with Gasteiger partial charge in [-0.2, -0.15) is 0 Å². The fraction of sp³-hybridized carbons (Fsp3) is 0.667. The van der Waals surface area contributed by atoms with Crippen molar-refractivity contribution in [2.75, 3.05) is 0 Å². The first kappa shape index (κ1) is 14.7. The number of aliphatic hydroxyl groups excluding tert-OH is 1. The maximum atomic E-state index is 9.75. The van der Waals surface area contributed by atoms with E-state index in [9.17, 15) is 5.11 Å². The molecule has 0 rings (SSSR count). The van der Waals surface area contributed by atoms with Crippen molar-refractivity contribution < 1.29 is 5.11 Å². The summed E-state index contributed by atoms with van der Waals surface area (Å²) >= 11 is 0. The molecule has 0 heterocycles. The highest BCUT2D eigenvalue weighted by Gasteiger charge is 2.26. The van der Waals surface area contributed by atoms with E-state index in [0.717, 1.165) is 6.42 Å². The van der Waals surface area contributed by atoms with E-state index in [4.69, 9.17) is 0 Å². The van der Waals surface area contributed by atoms with Gasteiger partial charge >= 0.3 is 0 Å². The van der Waals surface area contributed by atoms with Crippen LogP contribution in [0.4, 0.5) is 0 Å². The number of hydrogen-bond donors (Lipinski definition) is 1. The highest BCUT2D eigenvalue weighted by atomic mass is 28.3. The zero-order chi connectivity index (χ0) is 12.4. The van der Waals surface area contributed by atoms with Crippen molar-refractivity contribution in [1.82, 2.24) is 0 Å². The van der Waals surface area contributed by atoms with Crippen molar-refractivity contribution in [2.45, 2.75) is 52.6 Å². The molecule has 88 valence electrons. The summed E-state index contributed by atoms with van der Waals surface area (Å²) < 4.78 is 0. The quantitative estimate of drug-likeness (QED) is 0.568. The maximum absolute atomic E-state index is 9.75. The lowest BCUT2D eigenvalue weighted by Gasteiger charge is -2.27. The molecule has 0 aromatic carbocycles. The molecule has 0 aromatic heterocycles. The first-order chi connectivity index (χ1) is 6.46. The molecule has 1 nitrogen and oxygen atoms in total. The molecule has 0 fully saturated rings. The summed E-state index contributed by atoms with van der Waals surface area (Å²) in [7, 11) is -2.67. The molecule has 15 heavy (non-hydrogen) atoms. The van der Waals surface area contributed by atoms with Gasteiger partial charge in [-0.3, -0.25) is 0 Å². The van der Waals surface area contributed by atoms with Gasteiger partial charge in [-0.1, -0.05) is 44.5 Å². The van der Waals surface area contributed by atoms with Crippen molar-refractivity contribution >= 4 is 16.1 Å². The maximum Gasteiger partial charge on any atom is 0.0848 e. The molecular formula is C12H26OSi2. The molecule has 0 amide bonds. The molecule has 0 bridgehead atoms. The van der Waals surface area contributed by atoms with Gasteiger partial charge in [0.15, 0.2) is 0 Å². The highest BCUT2D eigenvalue weighted by Crippen LogP contribution is 2.28. The van der Waals surface area contributed by atoms with Gasteiger partial charge in [-0.15, -0.1) is 6.58 Å². The zero-order valence-corrected chi connectivity index (χ0v) is 13.4. The van der Waals surface area contributed by atoms with Crippen LogP contribution in [0.3, 0.4) is 0 Å². The molecule has 0 atom stereocenters. The Morgan fingerprint density at radius 2 is 1.40 bits per heavy atom. The summed E-state index contributed by atoms with van der Waals surface area (Å²) in [6.45, 7) is 19.8. The second-order valence-electron chi connectivity index (χ2n) is 6.34. The first-order valence-electron chi connectivity index (χ1n) is 5.53. The normalized spacial score (nSPS) is 14.9. The van der Waals surface area contributed by atoms with Crippen molar-refractivity contribution in [3.63, 3.8) is 0 Å². The molecule has 0 unspecified atom stereocenters. The average molecular weight is 243 g/mol. The Kier molecular flexibility index (Phi) is 4.61. The van der Waals surface area contributed by atoms with Gasteiger partial charge in [-0.05, 0) is 18.5 Å². The first-order valence-corrected chi connectivity index (χ1v) is 12.5. The molecule has 0 aliphatic rings. The molecule has 0 saturated heterocycles. The van der Waals surface area contributed by atoms with Crippen LogP contribution in [0.25, 0.3) is 0 Å². The summed E-state index contributed by atoms with van der Waals surface area (Å²) in [6.07, 6.45) is 0.910. The Morgan fingerprint density at radius 1 is 1.00 bits per heavy atom. The molecule has 0 aliphatic carbocycles. The van der Waals surface area contributed by atoms with E-state index < -0.39 is 16.1 Å². The summed E-state index contributed by atoms with van der Waals surface area (Å²) in [6, 6.07) is 0. The lowest BCUT2D eigenvalue weighted by Crippen LogP contribution is -2.30. The number of aliphatic hydroxyl groups is 1. The Balaban J connectivity index is 4.93. The van der Waals surface area contributed by atoms with Crippen LogP contribution in [-0.2, 0) is 0 Å². The summed E-state index contributed by atoms with van der Waals surface area (Å²) in [5.74, 6) is 0.522. The van der Waals surface area contributed by atoms with E-state index in [-0.39, 0.29) is 0 Å². The number of hydrogen-bond acceptors (Lipinski definition) is 1. The third kappa shape index (κ3) is 4.84. The minimum absolute atomic E-state index is 0.522. The molecule has 1 N–H and O–H groups in total. The number of rotatable bonds is 4. The van der Waals surface area contributed by atoms with Gasteiger partial charge < -0.3 is 5.11 Å². The van der Waals surface area contributed by atoms with Gasteiger partial charge in [0, 0.05) is 0 Å². The molecule has 0 saturated carbocycles. The molecule has 0 radical (unpaired) electrons. The second-order valence-corrected chi connectivity index (χ2v) is 16.7. The summed E-state index contributed by atoms with van der Waals surface area (Å²) in [5.41, 5.74) is 0. The third-order valence-electron chi connectivity index (χ3n) is 2.79. The zero-order valence-electron chi connectivity index (χ0n) is 11.4. The standard InChI is InChI=1S/C12H26OSi2/c1-10(14(3,4)5)9-12(11(2)13)15(6,7)8/h13H,1,9H2,2-8H3/b12-11-. The van der Waals surface area contributed by atoms with Crippen LogP contribution in [0.15, 0.2) is 22.7 Å². The van der Waals surface area contributed by atoms with Gasteiger partial charge in [0.1, 0.15) is 0 Å².